The molecular formula is C26H32N4O5. The van der Waals surface area contributed by atoms with Crippen molar-refractivity contribution in [3.63, 3.8) is 0 Å². The number of imide groups is 1. The average Bonchev–Trinajstić information content (AvgIpc) is 3.04. The molecule has 2 saturated heterocycles. The Morgan fingerprint density at radius 2 is 1.86 bits per heavy atom. The van der Waals surface area contributed by atoms with Gasteiger partial charge in [-0.15, -0.1) is 0 Å². The number of carbonyl (C=O) groups is 3. The number of hydrogen-bond acceptors (Lipinski definition) is 5. The first kappa shape index (κ1) is 24.6. The topological polar surface area (TPSA) is 103 Å². The Labute approximate surface area is 204 Å². The summed E-state index contributed by atoms with van der Waals surface area (Å²) >= 11 is 0. The van der Waals surface area contributed by atoms with Crippen LogP contribution in [0.25, 0.3) is 11.0 Å². The predicted molar refractivity (Wildman–Crippen MR) is 131 cm³/mol. The quantitative estimate of drug-likeness (QED) is 0.526. The molecule has 35 heavy (non-hydrogen) atoms. The number of aryl methyl sites for hydroxylation is 1. The minimum Gasteiger partial charge on any atom is -0.444 e. The van der Waals surface area contributed by atoms with Crippen molar-refractivity contribution < 1.29 is 19.1 Å². The summed E-state index contributed by atoms with van der Waals surface area (Å²) in [6.07, 6.45) is 2.65. The van der Waals surface area contributed by atoms with E-state index < -0.39 is 17.6 Å². The number of piperidine rings is 2. The summed E-state index contributed by atoms with van der Waals surface area (Å²) in [5, 5.41) is 2.33. The monoisotopic (exact) mass is 480 g/mol. The molecule has 1 aromatic heterocycles. The smallest absolute Gasteiger partial charge is 0.410 e. The number of amides is 3. The largest absolute Gasteiger partial charge is 0.444 e. The Bertz CT molecular complexity index is 1280. The van der Waals surface area contributed by atoms with Gasteiger partial charge in [-0.1, -0.05) is 17.9 Å². The van der Waals surface area contributed by atoms with Crippen LogP contribution in [-0.2, 0) is 21.4 Å². The van der Waals surface area contributed by atoms with Crippen molar-refractivity contribution in [1.82, 2.24) is 19.4 Å². The van der Waals surface area contributed by atoms with Gasteiger partial charge in [-0.05, 0) is 58.1 Å². The molecule has 0 bridgehead atoms. The number of hydrogen-bond donors (Lipinski definition) is 1. The summed E-state index contributed by atoms with van der Waals surface area (Å²) in [4.78, 5) is 51.0. The highest BCUT2D eigenvalue weighted by Crippen LogP contribution is 2.25. The number of para-hydroxylation sites is 1. The standard InChI is InChI=1S/C26H32N4O5/c1-26(2,3)35-25(34)29-15-13-17(14-16-29)7-5-8-18-9-6-10-19-22(18)28(4)24(33)30(19)20-11-12-21(31)27-23(20)32/h6,9-10,17,20H,7,11-16H2,1-4H3,(H,27,31,32). The Hall–Kier alpha value is -3.54. The first-order valence-corrected chi connectivity index (χ1v) is 12.1. The lowest BCUT2D eigenvalue weighted by atomic mass is 9.94. The van der Waals surface area contributed by atoms with Crippen molar-refractivity contribution in [3.8, 4) is 11.8 Å². The third-order valence-corrected chi connectivity index (χ3v) is 6.50. The van der Waals surface area contributed by atoms with Gasteiger partial charge in [-0.3, -0.25) is 24.0 Å². The van der Waals surface area contributed by atoms with E-state index in [9.17, 15) is 19.2 Å². The Balaban J connectivity index is 1.48. The average molecular weight is 481 g/mol. The first-order valence-electron chi connectivity index (χ1n) is 12.1. The lowest BCUT2D eigenvalue weighted by Gasteiger charge is -2.32. The second-order valence-electron chi connectivity index (χ2n) is 10.3. The molecule has 3 amide bonds. The van der Waals surface area contributed by atoms with E-state index in [2.05, 4.69) is 17.2 Å². The zero-order chi connectivity index (χ0) is 25.3. The molecule has 1 N–H and O–H groups in total. The molecule has 0 aliphatic carbocycles. The van der Waals surface area contributed by atoms with Crippen molar-refractivity contribution in [2.75, 3.05) is 13.1 Å². The van der Waals surface area contributed by atoms with Crippen LogP contribution in [0.2, 0.25) is 0 Å². The van der Waals surface area contributed by atoms with Gasteiger partial charge in [-0.25, -0.2) is 9.59 Å². The molecule has 4 rings (SSSR count). The maximum absolute atomic E-state index is 13.0. The number of rotatable bonds is 2. The molecule has 1 unspecified atom stereocenters. The summed E-state index contributed by atoms with van der Waals surface area (Å²) in [7, 11) is 1.67. The maximum Gasteiger partial charge on any atom is 0.410 e. The van der Waals surface area contributed by atoms with Crippen LogP contribution in [0.3, 0.4) is 0 Å². The molecule has 0 radical (unpaired) electrons. The summed E-state index contributed by atoms with van der Waals surface area (Å²) in [5.74, 6) is 6.10. The van der Waals surface area contributed by atoms with Crippen LogP contribution < -0.4 is 11.0 Å². The first-order chi connectivity index (χ1) is 16.5. The molecule has 2 aromatic rings. The van der Waals surface area contributed by atoms with Crippen LogP contribution in [-0.4, -0.2) is 50.6 Å². The van der Waals surface area contributed by atoms with Crippen LogP contribution in [0.4, 0.5) is 4.79 Å². The highest BCUT2D eigenvalue weighted by molar-refractivity contribution is 6.00. The van der Waals surface area contributed by atoms with Gasteiger partial charge < -0.3 is 9.64 Å². The zero-order valence-electron chi connectivity index (χ0n) is 20.7. The molecule has 186 valence electrons. The molecule has 0 spiro atoms. The summed E-state index contributed by atoms with van der Waals surface area (Å²) in [6.45, 7) is 6.90. The van der Waals surface area contributed by atoms with Crippen molar-refractivity contribution in [1.29, 1.82) is 0 Å². The lowest BCUT2D eigenvalue weighted by Crippen LogP contribution is -2.44. The van der Waals surface area contributed by atoms with Gasteiger partial charge in [0.25, 0.3) is 0 Å². The maximum atomic E-state index is 13.0. The van der Waals surface area contributed by atoms with Crippen LogP contribution in [0.15, 0.2) is 23.0 Å². The van der Waals surface area contributed by atoms with E-state index in [1.54, 1.807) is 18.0 Å². The molecule has 2 aliphatic rings. The number of carbonyl (C=O) groups excluding carboxylic acids is 3. The molecule has 3 heterocycles. The zero-order valence-corrected chi connectivity index (χ0v) is 20.7. The molecule has 0 saturated carbocycles. The number of benzene rings is 1. The van der Waals surface area contributed by atoms with Gasteiger partial charge in [0.1, 0.15) is 11.6 Å². The fourth-order valence-corrected chi connectivity index (χ4v) is 4.71. The third-order valence-electron chi connectivity index (χ3n) is 6.50. The number of aromatic nitrogens is 2. The second kappa shape index (κ2) is 9.61. The number of ether oxygens (including phenoxy) is 1. The van der Waals surface area contributed by atoms with Gasteiger partial charge in [0, 0.05) is 33.0 Å². The van der Waals surface area contributed by atoms with Crippen LogP contribution >= 0.6 is 0 Å². The minimum absolute atomic E-state index is 0.200. The molecule has 9 heteroatoms. The second-order valence-corrected chi connectivity index (χ2v) is 10.3. The van der Waals surface area contributed by atoms with Gasteiger partial charge >= 0.3 is 11.8 Å². The third kappa shape index (κ3) is 5.26. The number of imidazole rings is 1. The molecular weight excluding hydrogens is 448 g/mol. The van der Waals surface area contributed by atoms with Crippen molar-refractivity contribution in [2.24, 2.45) is 13.0 Å². The predicted octanol–water partition coefficient (Wildman–Crippen LogP) is 2.71. The molecule has 2 fully saturated rings. The summed E-state index contributed by atoms with van der Waals surface area (Å²) < 4.78 is 8.44. The highest BCUT2D eigenvalue weighted by atomic mass is 16.6. The van der Waals surface area contributed by atoms with Gasteiger partial charge in [0.2, 0.25) is 11.8 Å². The minimum atomic E-state index is -0.720. The van der Waals surface area contributed by atoms with Gasteiger partial charge in [0.15, 0.2) is 0 Å². The molecule has 1 aromatic carbocycles. The van der Waals surface area contributed by atoms with E-state index in [-0.39, 0.29) is 24.1 Å². The highest BCUT2D eigenvalue weighted by Gasteiger charge is 2.31. The number of likely N-dealkylation sites (tertiary alicyclic amines) is 1. The lowest BCUT2D eigenvalue weighted by molar-refractivity contribution is -0.135. The van der Waals surface area contributed by atoms with Crippen LogP contribution in [0.5, 0.6) is 0 Å². The SMILES string of the molecule is Cn1c(=O)n(C2CCC(=O)NC2=O)c2cccc(C#CCC3CCN(C(=O)OC(C)(C)C)CC3)c21. The van der Waals surface area contributed by atoms with Crippen LogP contribution in [0, 0.1) is 17.8 Å². The van der Waals surface area contributed by atoms with E-state index in [0.29, 0.717) is 42.9 Å². The van der Waals surface area contributed by atoms with Crippen molar-refractivity contribution in [2.45, 2.75) is 64.5 Å². The fraction of sp³-hybridized carbons (Fsp3) is 0.538. The Morgan fingerprint density at radius 3 is 2.51 bits per heavy atom. The number of fused-ring (bicyclic) bond motifs is 1. The normalized spacial score (nSPS) is 19.3. The van der Waals surface area contributed by atoms with E-state index in [1.807, 2.05) is 32.9 Å². The molecule has 1 atom stereocenters. The van der Waals surface area contributed by atoms with E-state index in [0.717, 1.165) is 18.4 Å². The van der Waals surface area contributed by atoms with E-state index in [1.165, 1.54) is 9.13 Å². The fourth-order valence-electron chi connectivity index (χ4n) is 4.71. The number of nitrogens with zero attached hydrogens (tertiary/aromatic N) is 3. The number of nitrogens with one attached hydrogen (secondary N) is 1. The van der Waals surface area contributed by atoms with Crippen LogP contribution in [0.1, 0.15) is 64.5 Å². The Kier molecular flexibility index (Phi) is 6.75. The van der Waals surface area contributed by atoms with Gasteiger partial charge in [0.05, 0.1) is 16.6 Å². The summed E-state index contributed by atoms with van der Waals surface area (Å²) in [5.41, 5.74) is 1.22. The van der Waals surface area contributed by atoms with Crippen molar-refractivity contribution >= 4 is 28.9 Å². The van der Waals surface area contributed by atoms with E-state index in [4.69, 9.17) is 4.74 Å². The van der Waals surface area contributed by atoms with Crippen molar-refractivity contribution in [3.05, 3.63) is 34.2 Å². The van der Waals surface area contributed by atoms with E-state index >= 15 is 0 Å². The molecule has 2 aliphatic heterocycles. The summed E-state index contributed by atoms with van der Waals surface area (Å²) in [6, 6.07) is 4.78. The van der Waals surface area contributed by atoms with Gasteiger partial charge in [-0.2, -0.15) is 0 Å². The Morgan fingerprint density at radius 1 is 1.14 bits per heavy atom. The molecule has 9 nitrogen and oxygen atoms in total.